The van der Waals surface area contributed by atoms with Gasteiger partial charge in [0.1, 0.15) is 12.0 Å². The van der Waals surface area contributed by atoms with Gasteiger partial charge in [-0.25, -0.2) is 10.1 Å². The number of carbonyl (C=O) groups excluding carboxylic acids is 2. The maximum absolute atomic E-state index is 14.2. The fourth-order valence-electron chi connectivity index (χ4n) is 5.80. The zero-order chi connectivity index (χ0) is 27.0. The summed E-state index contributed by atoms with van der Waals surface area (Å²) in [5, 5.41) is 5.63. The van der Waals surface area contributed by atoms with Crippen molar-refractivity contribution in [2.75, 3.05) is 13.2 Å². The van der Waals surface area contributed by atoms with Gasteiger partial charge in [-0.2, -0.15) is 30.7 Å². The fourth-order valence-corrected chi connectivity index (χ4v) is 6.14. The number of halogens is 7. The van der Waals surface area contributed by atoms with Crippen LogP contribution in [0.1, 0.15) is 51.9 Å². The Hall–Kier alpha value is -1.36. The van der Waals surface area contributed by atoms with Crippen molar-refractivity contribution in [2.24, 2.45) is 23.2 Å². The van der Waals surface area contributed by atoms with Crippen LogP contribution >= 0.6 is 12.0 Å². The van der Waals surface area contributed by atoms with Crippen LogP contribution in [0.4, 0.5) is 30.7 Å². The quantitative estimate of drug-likeness (QED) is 0.0857. The molecule has 4 fully saturated rings. The molecule has 1 unspecified atom stereocenters. The normalized spacial score (nSPS) is 29.6. The van der Waals surface area contributed by atoms with Crippen molar-refractivity contribution < 1.29 is 69.2 Å². The number of rotatable bonds is 12. The molecule has 8 nitrogen and oxygen atoms in total. The summed E-state index contributed by atoms with van der Waals surface area (Å²) >= 11 is -1.30. The molecule has 0 amide bonds. The highest BCUT2D eigenvalue weighted by molar-refractivity contribution is 7.95. The van der Waals surface area contributed by atoms with E-state index in [0.29, 0.717) is 0 Å². The Kier molecular flexibility index (Phi) is 8.45. The van der Waals surface area contributed by atoms with Gasteiger partial charge in [0.15, 0.2) is 0 Å². The van der Waals surface area contributed by atoms with E-state index >= 15 is 0 Å². The average molecular weight is 558 g/mol. The van der Waals surface area contributed by atoms with Crippen LogP contribution < -0.4 is 0 Å². The zero-order valence-electron chi connectivity index (χ0n) is 19.0. The predicted octanol–water partition coefficient (Wildman–Crippen LogP) is 5.27. The van der Waals surface area contributed by atoms with E-state index in [2.05, 4.69) is 18.8 Å². The lowest BCUT2D eigenvalue weighted by Gasteiger charge is -2.55. The van der Waals surface area contributed by atoms with Gasteiger partial charge in [-0.1, -0.05) is 5.04 Å². The molecule has 0 radical (unpaired) electrons. The lowest BCUT2D eigenvalue weighted by atomic mass is 9.49. The first kappa shape index (κ1) is 29.2. The third kappa shape index (κ3) is 5.56. The second kappa shape index (κ2) is 10.4. The van der Waals surface area contributed by atoms with E-state index < -0.39 is 72.2 Å². The van der Waals surface area contributed by atoms with E-state index in [-0.39, 0.29) is 37.0 Å². The van der Waals surface area contributed by atoms with Gasteiger partial charge >= 0.3 is 35.1 Å². The van der Waals surface area contributed by atoms with Gasteiger partial charge in [0, 0.05) is 6.42 Å². The monoisotopic (exact) mass is 558 g/mol. The molecule has 36 heavy (non-hydrogen) atoms. The average Bonchev–Trinajstić information content (AvgIpc) is 2.75. The predicted molar refractivity (Wildman–Crippen MR) is 105 cm³/mol. The molecule has 0 aromatic rings. The summed E-state index contributed by atoms with van der Waals surface area (Å²) in [6.45, 7) is -1.26. The van der Waals surface area contributed by atoms with Crippen molar-refractivity contribution in [3.8, 4) is 0 Å². The SMILES string of the molecule is CCOC(=O)C(OCCC(F)(F)C(F)(F)SOOO)(OC(=O)C12CC3CC(CC(C3)C1)C2)C(F)(F)F. The molecule has 0 aromatic carbocycles. The van der Waals surface area contributed by atoms with E-state index in [1.165, 1.54) is 0 Å². The Morgan fingerprint density at radius 1 is 0.972 bits per heavy atom. The van der Waals surface area contributed by atoms with Gasteiger partial charge < -0.3 is 14.2 Å². The summed E-state index contributed by atoms with van der Waals surface area (Å²) in [5.41, 5.74) is -1.30. The Bertz CT molecular complexity index is 789. The molecule has 1 N–H and O–H groups in total. The molecule has 4 bridgehead atoms. The third-order valence-corrected chi connectivity index (χ3v) is 7.58. The van der Waals surface area contributed by atoms with Crippen molar-refractivity contribution in [2.45, 2.75) is 75.0 Å². The van der Waals surface area contributed by atoms with Crippen LogP contribution in [0.3, 0.4) is 0 Å². The Morgan fingerprint density at radius 2 is 1.50 bits per heavy atom. The van der Waals surface area contributed by atoms with Gasteiger partial charge in [0.2, 0.25) is 0 Å². The highest BCUT2D eigenvalue weighted by Gasteiger charge is 2.70. The number of hydrogen-bond donors (Lipinski definition) is 1. The molecule has 0 aromatic heterocycles. The molecule has 1 atom stereocenters. The Balaban J connectivity index is 1.83. The van der Waals surface area contributed by atoms with E-state index in [1.54, 1.807) is 0 Å². The first-order chi connectivity index (χ1) is 16.6. The van der Waals surface area contributed by atoms with Crippen LogP contribution in [0.25, 0.3) is 0 Å². The van der Waals surface area contributed by atoms with Gasteiger partial charge in [-0.3, -0.25) is 4.79 Å². The van der Waals surface area contributed by atoms with Crippen LogP contribution in [0, 0.1) is 23.2 Å². The second-order valence-electron chi connectivity index (χ2n) is 9.47. The van der Waals surface area contributed by atoms with E-state index in [1.807, 2.05) is 0 Å². The Morgan fingerprint density at radius 3 is 1.94 bits per heavy atom. The molecule has 0 saturated heterocycles. The summed E-state index contributed by atoms with van der Waals surface area (Å²) in [5.74, 6) is -12.8. The highest BCUT2D eigenvalue weighted by atomic mass is 32.2. The standard InChI is InChI=1S/C20H25F7O8S/c1-2-31-15(29)18(19(23,24)25,32-4-3-17(21,22)20(26,27)36-35-34-30)33-14(28)16-8-11-5-12(9-16)7-13(6-11)10-16/h11-13,30H,2-10H2,1H3. The molecular formula is C20H25F7O8S. The maximum atomic E-state index is 14.2. The fraction of sp³-hybridized carbons (Fsp3) is 0.900. The number of ether oxygens (including phenoxy) is 3. The summed E-state index contributed by atoms with van der Waals surface area (Å²) in [6.07, 6.45) is -4.60. The van der Waals surface area contributed by atoms with Crippen molar-refractivity contribution in [3.05, 3.63) is 0 Å². The smallest absolute Gasteiger partial charge is 0.461 e. The minimum atomic E-state index is -5.79. The van der Waals surface area contributed by atoms with Crippen molar-refractivity contribution in [1.29, 1.82) is 0 Å². The summed E-state index contributed by atoms with van der Waals surface area (Å²) in [6, 6.07) is 0. The highest BCUT2D eigenvalue weighted by Crippen LogP contribution is 2.61. The molecule has 16 heteroatoms. The molecular weight excluding hydrogens is 533 g/mol. The largest absolute Gasteiger partial charge is 0.468 e. The van der Waals surface area contributed by atoms with Crippen molar-refractivity contribution >= 4 is 24.0 Å². The van der Waals surface area contributed by atoms with Gasteiger partial charge in [-0.05, 0) is 63.2 Å². The van der Waals surface area contributed by atoms with Crippen molar-refractivity contribution in [3.63, 3.8) is 0 Å². The number of alkyl halides is 7. The molecule has 0 aliphatic heterocycles. The van der Waals surface area contributed by atoms with Crippen LogP contribution in [0.15, 0.2) is 0 Å². The van der Waals surface area contributed by atoms with Crippen molar-refractivity contribution in [1.82, 2.24) is 0 Å². The van der Waals surface area contributed by atoms with Gasteiger partial charge in [-0.15, -0.1) is 4.33 Å². The van der Waals surface area contributed by atoms with E-state index in [9.17, 15) is 40.3 Å². The molecule has 208 valence electrons. The lowest BCUT2D eigenvalue weighted by Crippen LogP contribution is -2.61. The van der Waals surface area contributed by atoms with Gasteiger partial charge in [0.25, 0.3) is 0 Å². The van der Waals surface area contributed by atoms with Gasteiger partial charge in [0.05, 0.1) is 18.6 Å². The maximum Gasteiger partial charge on any atom is 0.468 e. The molecule has 4 saturated carbocycles. The molecule has 4 aliphatic carbocycles. The first-order valence-corrected chi connectivity index (χ1v) is 11.9. The minimum absolute atomic E-state index is 0.108. The topological polar surface area (TPSA) is 101 Å². The molecule has 4 rings (SSSR count). The third-order valence-electron chi connectivity index (χ3n) is 6.94. The summed E-state index contributed by atoms with van der Waals surface area (Å²) in [7, 11) is 0. The molecule has 4 aliphatic rings. The van der Waals surface area contributed by atoms with Crippen LogP contribution in [0.2, 0.25) is 0 Å². The number of hydrogen-bond acceptors (Lipinski definition) is 9. The van der Waals surface area contributed by atoms with Crippen LogP contribution in [-0.4, -0.2) is 53.6 Å². The Labute approximate surface area is 205 Å². The lowest BCUT2D eigenvalue weighted by molar-refractivity contribution is -0.434. The molecule has 0 heterocycles. The second-order valence-corrected chi connectivity index (χ2v) is 10.3. The summed E-state index contributed by atoms with van der Waals surface area (Å²) in [4.78, 5) is 25.6. The van der Waals surface area contributed by atoms with Crippen LogP contribution in [-0.2, 0) is 33.2 Å². The number of carbonyl (C=O) groups is 2. The van der Waals surface area contributed by atoms with E-state index in [0.717, 1.165) is 26.2 Å². The number of esters is 2. The first-order valence-electron chi connectivity index (χ1n) is 11.1. The minimum Gasteiger partial charge on any atom is -0.461 e. The zero-order valence-corrected chi connectivity index (χ0v) is 19.8. The summed E-state index contributed by atoms with van der Waals surface area (Å²) < 4.78 is 114. The van der Waals surface area contributed by atoms with Crippen LogP contribution in [0.5, 0.6) is 0 Å². The molecule has 0 spiro atoms. The van der Waals surface area contributed by atoms with E-state index in [4.69, 9.17) is 9.99 Å².